The molecule has 4 heterocycles. The van der Waals surface area contributed by atoms with E-state index in [2.05, 4.69) is 41.9 Å². The molecule has 6 heteroatoms. The number of pyridine rings is 1. The fraction of sp³-hybridized carbons (Fsp3) is 0.516. The van der Waals surface area contributed by atoms with E-state index in [0.29, 0.717) is 24.1 Å². The summed E-state index contributed by atoms with van der Waals surface area (Å²) in [5, 5.41) is 8.20. The summed E-state index contributed by atoms with van der Waals surface area (Å²) in [6.07, 6.45) is 11.1. The Morgan fingerprint density at radius 3 is 2.62 bits per heavy atom. The van der Waals surface area contributed by atoms with Gasteiger partial charge >= 0.3 is 6.03 Å². The first-order valence-electron chi connectivity index (χ1n) is 14.1. The van der Waals surface area contributed by atoms with E-state index in [4.69, 9.17) is 10.1 Å². The number of nitrogens with one attached hydrogen (secondary N) is 1. The number of hydrogen-bond acceptors (Lipinski definition) is 4. The van der Waals surface area contributed by atoms with Crippen molar-refractivity contribution >= 4 is 17.3 Å². The first-order chi connectivity index (χ1) is 17.9. The lowest BCUT2D eigenvalue weighted by atomic mass is 9.81. The summed E-state index contributed by atoms with van der Waals surface area (Å²) < 4.78 is 5.98. The highest BCUT2D eigenvalue weighted by atomic mass is 16.5. The summed E-state index contributed by atoms with van der Waals surface area (Å²) in [4.78, 5) is 22.4. The number of morpholine rings is 1. The molecule has 5 aliphatic rings. The summed E-state index contributed by atoms with van der Waals surface area (Å²) in [5.74, 6) is 1.20. The van der Waals surface area contributed by atoms with Gasteiger partial charge in [0.15, 0.2) is 0 Å². The number of amides is 2. The topological polar surface area (TPSA) is 69.5 Å². The van der Waals surface area contributed by atoms with Crippen LogP contribution in [0.15, 0.2) is 30.5 Å². The molecule has 1 saturated carbocycles. The number of allylic oxidation sites excluding steroid dienone is 2. The number of aromatic nitrogens is 1. The van der Waals surface area contributed by atoms with Crippen molar-refractivity contribution < 1.29 is 9.53 Å². The molecule has 2 unspecified atom stereocenters. The number of carbonyl (C=O) groups excluding carboxylic acids is 1. The molecular weight excluding hydrogens is 460 g/mol. The number of hydrogen-bond donors (Lipinski definition) is 1. The molecule has 0 spiro atoms. The fourth-order valence-corrected chi connectivity index (χ4v) is 7.44. The Bertz CT molecular complexity index is 1320. The zero-order valence-electron chi connectivity index (χ0n) is 21.9. The van der Waals surface area contributed by atoms with E-state index in [1.165, 1.54) is 41.5 Å². The predicted molar refractivity (Wildman–Crippen MR) is 145 cm³/mol. The predicted octanol–water partition coefficient (Wildman–Crippen LogP) is 5.78. The standard InChI is InChI=1S/C31H36N4O2/c1-18-4-3-5-25(18)27-12-21(22-13-26-19(2)10-29(32)30(26)33-14-22)11-20-8-9-34(17-28(20)27)31(36)35-15-23-6-7-24(16-35)37-23/h10-14,18,23-25,32H,3-9,15-17H2,1-2H3/t18-,23?,24?,25+/m0/s1. The molecule has 1 aromatic heterocycles. The van der Waals surface area contributed by atoms with Gasteiger partial charge in [-0.3, -0.25) is 10.4 Å². The van der Waals surface area contributed by atoms with Crippen molar-refractivity contribution in [3.63, 3.8) is 0 Å². The molecule has 2 amide bonds. The number of nitrogens with zero attached hydrogens (tertiary/aromatic N) is 3. The number of carbonyl (C=O) groups is 1. The van der Waals surface area contributed by atoms with E-state index in [1.54, 1.807) is 0 Å². The minimum Gasteiger partial charge on any atom is -0.371 e. The van der Waals surface area contributed by atoms with Crippen molar-refractivity contribution in [3.05, 3.63) is 58.4 Å². The third-order valence-corrected chi connectivity index (χ3v) is 9.48. The largest absolute Gasteiger partial charge is 0.371 e. The van der Waals surface area contributed by atoms with Crippen LogP contribution in [0, 0.1) is 11.3 Å². The molecule has 6 nitrogen and oxygen atoms in total. The van der Waals surface area contributed by atoms with Crippen LogP contribution in [0.2, 0.25) is 0 Å². The molecule has 192 valence electrons. The monoisotopic (exact) mass is 496 g/mol. The van der Waals surface area contributed by atoms with E-state index in [1.807, 2.05) is 17.2 Å². The fourth-order valence-electron chi connectivity index (χ4n) is 7.44. The number of rotatable bonds is 2. The van der Waals surface area contributed by atoms with Gasteiger partial charge in [0.2, 0.25) is 0 Å². The Balaban J connectivity index is 1.23. The van der Waals surface area contributed by atoms with Crippen molar-refractivity contribution in [2.24, 2.45) is 5.92 Å². The molecule has 1 N–H and O–H groups in total. The quantitative estimate of drug-likeness (QED) is 0.573. The molecule has 37 heavy (non-hydrogen) atoms. The van der Waals surface area contributed by atoms with Crippen molar-refractivity contribution in [2.75, 3.05) is 19.6 Å². The Hall–Kier alpha value is -2.99. The maximum atomic E-state index is 13.6. The van der Waals surface area contributed by atoms with Crippen molar-refractivity contribution in [1.29, 1.82) is 5.41 Å². The molecule has 2 bridgehead atoms. The highest BCUT2D eigenvalue weighted by molar-refractivity contribution is 6.16. The summed E-state index contributed by atoms with van der Waals surface area (Å²) in [6, 6.07) is 7.15. The minimum atomic E-state index is 0.188. The zero-order chi connectivity index (χ0) is 25.3. The second kappa shape index (κ2) is 8.80. The molecule has 3 fully saturated rings. The molecule has 7 rings (SSSR count). The molecule has 2 aromatic rings. The van der Waals surface area contributed by atoms with Gasteiger partial charge in [-0.25, -0.2) is 4.79 Å². The smallest absolute Gasteiger partial charge is 0.320 e. The summed E-state index contributed by atoms with van der Waals surface area (Å²) in [6.45, 7) is 7.41. The van der Waals surface area contributed by atoms with E-state index < -0.39 is 0 Å². The average molecular weight is 497 g/mol. The lowest BCUT2D eigenvalue weighted by Crippen LogP contribution is -2.52. The summed E-state index contributed by atoms with van der Waals surface area (Å²) >= 11 is 0. The molecular formula is C31H36N4O2. The van der Waals surface area contributed by atoms with Crippen LogP contribution in [0.4, 0.5) is 4.79 Å². The summed E-state index contributed by atoms with van der Waals surface area (Å²) in [7, 11) is 0. The molecule has 1 aromatic carbocycles. The van der Waals surface area contributed by atoms with Gasteiger partial charge in [-0.15, -0.1) is 0 Å². The van der Waals surface area contributed by atoms with Gasteiger partial charge in [-0.05, 0) is 84.4 Å². The third kappa shape index (κ3) is 3.92. The number of ether oxygens (including phenoxy) is 1. The second-order valence-corrected chi connectivity index (χ2v) is 11.9. The molecule has 2 saturated heterocycles. The zero-order valence-corrected chi connectivity index (χ0v) is 21.9. The van der Waals surface area contributed by atoms with Crippen LogP contribution in [-0.2, 0) is 17.7 Å². The Morgan fingerprint density at radius 1 is 1.05 bits per heavy atom. The molecule has 0 radical (unpaired) electrons. The van der Waals surface area contributed by atoms with Crippen LogP contribution in [0.3, 0.4) is 0 Å². The number of benzene rings is 1. The Labute approximate surface area is 219 Å². The van der Waals surface area contributed by atoms with Gasteiger partial charge in [-0.1, -0.05) is 31.9 Å². The van der Waals surface area contributed by atoms with Crippen LogP contribution in [0.5, 0.6) is 0 Å². The Kier molecular flexibility index (Phi) is 5.50. The summed E-state index contributed by atoms with van der Waals surface area (Å²) in [5.41, 5.74) is 10.0. The maximum absolute atomic E-state index is 13.6. The molecule has 2 aliphatic carbocycles. The molecule has 4 atom stereocenters. The van der Waals surface area contributed by atoms with Gasteiger partial charge in [0.25, 0.3) is 0 Å². The van der Waals surface area contributed by atoms with Gasteiger partial charge in [0.1, 0.15) is 0 Å². The Morgan fingerprint density at radius 2 is 1.86 bits per heavy atom. The first kappa shape index (κ1) is 23.2. The normalized spacial score (nSPS) is 28.4. The van der Waals surface area contributed by atoms with E-state index in [-0.39, 0.29) is 18.2 Å². The molecule has 3 aliphatic heterocycles. The van der Waals surface area contributed by atoms with Gasteiger partial charge in [0, 0.05) is 43.5 Å². The van der Waals surface area contributed by atoms with Crippen molar-refractivity contribution in [1.82, 2.24) is 14.8 Å². The van der Waals surface area contributed by atoms with E-state index in [0.717, 1.165) is 61.3 Å². The van der Waals surface area contributed by atoms with E-state index >= 15 is 0 Å². The number of urea groups is 1. The van der Waals surface area contributed by atoms with Gasteiger partial charge in [-0.2, -0.15) is 0 Å². The maximum Gasteiger partial charge on any atom is 0.320 e. The first-order valence-corrected chi connectivity index (χ1v) is 14.1. The lowest BCUT2D eigenvalue weighted by molar-refractivity contribution is -0.0291. The minimum absolute atomic E-state index is 0.188. The van der Waals surface area contributed by atoms with Crippen LogP contribution in [0.1, 0.15) is 79.8 Å². The lowest BCUT2D eigenvalue weighted by Gasteiger charge is -2.39. The van der Waals surface area contributed by atoms with Crippen LogP contribution >= 0.6 is 0 Å². The SMILES string of the molecule is CC1=CC(=N)c2ncc(-c3cc4c(c([C@@H]5CCC[C@@H]5C)c3)CN(C(=O)N3CC5CCC(C3)O5)CC4)cc21. The van der Waals surface area contributed by atoms with Crippen molar-refractivity contribution in [3.8, 4) is 11.1 Å². The van der Waals surface area contributed by atoms with Crippen LogP contribution in [-0.4, -0.2) is 58.4 Å². The van der Waals surface area contributed by atoms with Crippen molar-refractivity contribution in [2.45, 2.75) is 77.0 Å². The third-order valence-electron chi connectivity index (χ3n) is 9.48. The second-order valence-electron chi connectivity index (χ2n) is 11.9. The van der Waals surface area contributed by atoms with Gasteiger partial charge < -0.3 is 14.5 Å². The van der Waals surface area contributed by atoms with Gasteiger partial charge in [0.05, 0.1) is 23.6 Å². The van der Waals surface area contributed by atoms with Crippen LogP contribution < -0.4 is 0 Å². The highest BCUT2D eigenvalue weighted by Gasteiger charge is 2.38. The highest BCUT2D eigenvalue weighted by Crippen LogP contribution is 2.44. The number of likely N-dealkylation sites (tertiary alicyclic amines) is 1. The average Bonchev–Trinajstić information content (AvgIpc) is 3.58. The van der Waals surface area contributed by atoms with Crippen LogP contribution in [0.25, 0.3) is 16.7 Å². The number of fused-ring (bicyclic) bond motifs is 4. The van der Waals surface area contributed by atoms with E-state index in [9.17, 15) is 4.79 Å².